The molecule has 0 unspecified atom stereocenters. The standard InChI is InChI=1S/C15H18N2O3/c1-2-3-6-9-17-15(20)12-8-5-4-7-11(12)13(16-17)10-14(18)19/h4-5,7-8H,2-3,6,9-10H2,1H3,(H,18,19). The minimum Gasteiger partial charge on any atom is -0.481 e. The maximum atomic E-state index is 12.3. The van der Waals surface area contributed by atoms with Crippen molar-refractivity contribution in [1.82, 2.24) is 9.78 Å². The lowest BCUT2D eigenvalue weighted by molar-refractivity contribution is -0.136. The second-order valence-electron chi connectivity index (χ2n) is 4.80. The van der Waals surface area contributed by atoms with E-state index < -0.39 is 5.97 Å². The summed E-state index contributed by atoms with van der Waals surface area (Å²) in [6, 6.07) is 7.04. The quantitative estimate of drug-likeness (QED) is 0.820. The molecule has 0 fully saturated rings. The number of carbonyl (C=O) groups is 1. The Morgan fingerprint density at radius 2 is 1.95 bits per heavy atom. The lowest BCUT2D eigenvalue weighted by atomic mass is 10.1. The second-order valence-corrected chi connectivity index (χ2v) is 4.80. The molecule has 0 spiro atoms. The van der Waals surface area contributed by atoms with Gasteiger partial charge < -0.3 is 5.11 Å². The zero-order chi connectivity index (χ0) is 14.5. The normalized spacial score (nSPS) is 10.8. The van der Waals surface area contributed by atoms with Crippen LogP contribution in [-0.4, -0.2) is 20.9 Å². The number of hydrogen-bond donors (Lipinski definition) is 1. The van der Waals surface area contributed by atoms with Crippen LogP contribution < -0.4 is 5.56 Å². The molecule has 1 N–H and O–H groups in total. The Bertz CT molecular complexity index is 676. The molecule has 0 atom stereocenters. The van der Waals surface area contributed by atoms with E-state index >= 15 is 0 Å². The third kappa shape index (κ3) is 3.04. The molecule has 0 aliphatic rings. The molecule has 0 radical (unpaired) electrons. The number of carboxylic acid groups (broad SMARTS) is 1. The molecule has 2 aromatic rings. The lowest BCUT2D eigenvalue weighted by Crippen LogP contribution is -2.25. The van der Waals surface area contributed by atoms with Crippen LogP contribution in [0.2, 0.25) is 0 Å². The Hall–Kier alpha value is -2.17. The number of benzene rings is 1. The molecule has 5 nitrogen and oxygen atoms in total. The van der Waals surface area contributed by atoms with Crippen LogP contribution in [0.1, 0.15) is 31.9 Å². The number of hydrogen-bond acceptors (Lipinski definition) is 3. The van der Waals surface area contributed by atoms with Crippen molar-refractivity contribution in [2.24, 2.45) is 0 Å². The molecule has 1 aromatic carbocycles. The molecule has 20 heavy (non-hydrogen) atoms. The summed E-state index contributed by atoms with van der Waals surface area (Å²) in [7, 11) is 0. The van der Waals surface area contributed by atoms with Crippen LogP contribution in [-0.2, 0) is 17.8 Å². The predicted octanol–water partition coefficient (Wildman–Crippen LogP) is 2.21. The molecule has 0 aliphatic carbocycles. The molecule has 106 valence electrons. The molecule has 2 rings (SSSR count). The zero-order valence-corrected chi connectivity index (χ0v) is 11.5. The zero-order valence-electron chi connectivity index (χ0n) is 11.5. The van der Waals surface area contributed by atoms with E-state index in [1.807, 2.05) is 0 Å². The first kappa shape index (κ1) is 14.2. The first-order chi connectivity index (χ1) is 9.63. The summed E-state index contributed by atoms with van der Waals surface area (Å²) < 4.78 is 1.40. The van der Waals surface area contributed by atoms with Crippen molar-refractivity contribution >= 4 is 16.7 Å². The molecule has 0 aliphatic heterocycles. The van der Waals surface area contributed by atoms with Gasteiger partial charge in [-0.25, -0.2) is 4.68 Å². The number of aromatic nitrogens is 2. The van der Waals surface area contributed by atoms with Crippen molar-refractivity contribution < 1.29 is 9.90 Å². The van der Waals surface area contributed by atoms with Gasteiger partial charge in [0.15, 0.2) is 0 Å². The van der Waals surface area contributed by atoms with Gasteiger partial charge in [-0.15, -0.1) is 0 Å². The van der Waals surface area contributed by atoms with E-state index in [2.05, 4.69) is 12.0 Å². The van der Waals surface area contributed by atoms with E-state index in [-0.39, 0.29) is 12.0 Å². The fraction of sp³-hybridized carbons (Fsp3) is 0.400. The first-order valence-corrected chi connectivity index (χ1v) is 6.84. The maximum Gasteiger partial charge on any atom is 0.309 e. The Morgan fingerprint density at radius 1 is 1.25 bits per heavy atom. The minimum absolute atomic E-state index is 0.147. The summed E-state index contributed by atoms with van der Waals surface area (Å²) >= 11 is 0. The number of unbranched alkanes of at least 4 members (excludes halogenated alkanes) is 2. The Balaban J connectivity index is 2.50. The third-order valence-corrected chi connectivity index (χ3v) is 3.24. The SMILES string of the molecule is CCCCCn1nc(CC(=O)O)c2ccccc2c1=O. The molecular formula is C15H18N2O3. The van der Waals surface area contributed by atoms with Gasteiger partial charge in [-0.05, 0) is 12.5 Å². The van der Waals surface area contributed by atoms with Crippen molar-refractivity contribution in [3.05, 3.63) is 40.3 Å². The fourth-order valence-corrected chi connectivity index (χ4v) is 2.24. The number of fused-ring (bicyclic) bond motifs is 1. The molecular weight excluding hydrogens is 256 g/mol. The van der Waals surface area contributed by atoms with Crippen LogP contribution in [0.3, 0.4) is 0 Å². The molecule has 0 saturated heterocycles. The molecule has 5 heteroatoms. The van der Waals surface area contributed by atoms with Crippen molar-refractivity contribution in [2.75, 3.05) is 0 Å². The minimum atomic E-state index is -0.943. The van der Waals surface area contributed by atoms with Crippen LogP contribution >= 0.6 is 0 Å². The van der Waals surface area contributed by atoms with Crippen LogP contribution in [0.5, 0.6) is 0 Å². The van der Waals surface area contributed by atoms with Gasteiger partial charge in [0.1, 0.15) is 0 Å². The van der Waals surface area contributed by atoms with Gasteiger partial charge in [0.25, 0.3) is 5.56 Å². The average molecular weight is 274 g/mol. The predicted molar refractivity (Wildman–Crippen MR) is 76.9 cm³/mol. The van der Waals surface area contributed by atoms with Crippen molar-refractivity contribution in [3.8, 4) is 0 Å². The summed E-state index contributed by atoms with van der Waals surface area (Å²) in [6.45, 7) is 2.62. The highest BCUT2D eigenvalue weighted by Crippen LogP contribution is 2.14. The van der Waals surface area contributed by atoms with Crippen LogP contribution in [0, 0.1) is 0 Å². The molecule has 0 bridgehead atoms. The molecule has 0 amide bonds. The van der Waals surface area contributed by atoms with Crippen molar-refractivity contribution in [2.45, 2.75) is 39.2 Å². The number of rotatable bonds is 6. The smallest absolute Gasteiger partial charge is 0.309 e. The van der Waals surface area contributed by atoms with Gasteiger partial charge in [0.05, 0.1) is 17.5 Å². The Morgan fingerprint density at radius 3 is 2.60 bits per heavy atom. The van der Waals surface area contributed by atoms with Crippen molar-refractivity contribution in [1.29, 1.82) is 0 Å². The largest absolute Gasteiger partial charge is 0.481 e. The first-order valence-electron chi connectivity index (χ1n) is 6.84. The number of carboxylic acids is 1. The maximum absolute atomic E-state index is 12.3. The van der Waals surface area contributed by atoms with E-state index in [0.29, 0.717) is 23.0 Å². The van der Waals surface area contributed by atoms with Gasteiger partial charge in [-0.1, -0.05) is 38.0 Å². The highest BCUT2D eigenvalue weighted by Gasteiger charge is 2.12. The molecule has 0 saturated carbocycles. The summed E-state index contributed by atoms with van der Waals surface area (Å²) in [5.74, 6) is -0.943. The highest BCUT2D eigenvalue weighted by molar-refractivity contribution is 5.86. The number of nitrogens with zero attached hydrogens (tertiary/aromatic N) is 2. The summed E-state index contributed by atoms with van der Waals surface area (Å²) in [4.78, 5) is 23.3. The fourth-order valence-electron chi connectivity index (χ4n) is 2.24. The number of aliphatic carboxylic acids is 1. The van der Waals surface area contributed by atoms with E-state index in [4.69, 9.17) is 5.11 Å². The number of aryl methyl sites for hydroxylation is 1. The average Bonchev–Trinajstić information content (AvgIpc) is 2.43. The molecule has 1 heterocycles. The van der Waals surface area contributed by atoms with Gasteiger partial charge in [0.2, 0.25) is 0 Å². The Kier molecular flexibility index (Phi) is 4.50. The lowest BCUT2D eigenvalue weighted by Gasteiger charge is -2.09. The van der Waals surface area contributed by atoms with Crippen LogP contribution in [0.4, 0.5) is 0 Å². The van der Waals surface area contributed by atoms with E-state index in [1.54, 1.807) is 24.3 Å². The van der Waals surface area contributed by atoms with Gasteiger partial charge in [-0.2, -0.15) is 5.10 Å². The van der Waals surface area contributed by atoms with Gasteiger partial charge in [-0.3, -0.25) is 9.59 Å². The summed E-state index contributed by atoms with van der Waals surface area (Å²) in [6.07, 6.45) is 2.78. The monoisotopic (exact) mass is 274 g/mol. The second kappa shape index (κ2) is 6.32. The highest BCUT2D eigenvalue weighted by atomic mass is 16.4. The van der Waals surface area contributed by atoms with Crippen LogP contribution in [0.15, 0.2) is 29.1 Å². The Labute approximate surface area is 116 Å². The summed E-state index contributed by atoms with van der Waals surface area (Å²) in [5, 5.41) is 14.4. The van der Waals surface area contributed by atoms with E-state index in [9.17, 15) is 9.59 Å². The van der Waals surface area contributed by atoms with Gasteiger partial charge >= 0.3 is 5.97 Å². The van der Waals surface area contributed by atoms with E-state index in [0.717, 1.165) is 19.3 Å². The van der Waals surface area contributed by atoms with Gasteiger partial charge in [0, 0.05) is 11.9 Å². The van der Waals surface area contributed by atoms with Crippen LogP contribution in [0.25, 0.3) is 10.8 Å². The molecule has 1 aromatic heterocycles. The van der Waals surface area contributed by atoms with E-state index in [1.165, 1.54) is 4.68 Å². The topological polar surface area (TPSA) is 72.2 Å². The van der Waals surface area contributed by atoms with Crippen molar-refractivity contribution in [3.63, 3.8) is 0 Å². The third-order valence-electron chi connectivity index (χ3n) is 3.24. The summed E-state index contributed by atoms with van der Waals surface area (Å²) in [5.41, 5.74) is 0.301.